The predicted octanol–water partition coefficient (Wildman–Crippen LogP) is 1.55. The summed E-state index contributed by atoms with van der Waals surface area (Å²) in [4.78, 5) is 4.96. The second kappa shape index (κ2) is 5.46. The Balaban J connectivity index is 1.54. The maximum atomic E-state index is 12.1. The summed E-state index contributed by atoms with van der Waals surface area (Å²) in [7, 11) is 2.13. The van der Waals surface area contributed by atoms with Crippen LogP contribution < -0.4 is 5.32 Å². The summed E-state index contributed by atoms with van der Waals surface area (Å²) in [6, 6.07) is 1.00. The molecular formula is C14H24F3N3. The summed E-state index contributed by atoms with van der Waals surface area (Å²) in [5.74, 6) is 1.59. The Morgan fingerprint density at radius 1 is 1.20 bits per heavy atom. The molecule has 0 amide bonds. The van der Waals surface area contributed by atoms with Gasteiger partial charge in [0.15, 0.2) is 0 Å². The number of likely N-dealkylation sites (N-methyl/N-ethyl adjacent to an activating group) is 1. The average Bonchev–Trinajstić information content (AvgIpc) is 2.73. The van der Waals surface area contributed by atoms with Crippen molar-refractivity contribution in [1.82, 2.24) is 15.1 Å². The molecule has 20 heavy (non-hydrogen) atoms. The van der Waals surface area contributed by atoms with Gasteiger partial charge in [-0.05, 0) is 57.8 Å². The van der Waals surface area contributed by atoms with Crippen molar-refractivity contribution in [2.75, 3.05) is 39.8 Å². The lowest BCUT2D eigenvalue weighted by Gasteiger charge is -2.49. The van der Waals surface area contributed by atoms with Crippen LogP contribution in [0, 0.1) is 11.8 Å². The van der Waals surface area contributed by atoms with E-state index in [1.165, 1.54) is 25.9 Å². The minimum atomic E-state index is -4.10. The molecule has 6 heteroatoms. The van der Waals surface area contributed by atoms with Crippen molar-refractivity contribution in [3.05, 3.63) is 0 Å². The zero-order valence-corrected chi connectivity index (χ0v) is 12.0. The fourth-order valence-corrected chi connectivity index (χ4v) is 4.58. The highest BCUT2D eigenvalue weighted by atomic mass is 19.4. The van der Waals surface area contributed by atoms with Crippen molar-refractivity contribution in [3.63, 3.8) is 0 Å². The van der Waals surface area contributed by atoms with Gasteiger partial charge in [-0.1, -0.05) is 0 Å². The van der Waals surface area contributed by atoms with E-state index in [4.69, 9.17) is 0 Å². The van der Waals surface area contributed by atoms with Crippen molar-refractivity contribution in [3.8, 4) is 0 Å². The molecule has 4 aliphatic heterocycles. The summed E-state index contributed by atoms with van der Waals surface area (Å²) in [6.07, 6.45) is -0.656. The van der Waals surface area contributed by atoms with Crippen LogP contribution in [-0.4, -0.2) is 67.8 Å². The van der Waals surface area contributed by atoms with Crippen molar-refractivity contribution >= 4 is 0 Å². The van der Waals surface area contributed by atoms with E-state index in [1.54, 1.807) is 0 Å². The first-order valence-corrected chi connectivity index (χ1v) is 7.67. The fraction of sp³-hybridized carbons (Fsp3) is 1.00. The highest BCUT2D eigenvalue weighted by Crippen LogP contribution is 2.44. The number of nitrogens with one attached hydrogen (secondary N) is 1. The molecule has 1 N–H and O–H groups in total. The quantitative estimate of drug-likeness (QED) is 0.793. The van der Waals surface area contributed by atoms with Crippen LogP contribution >= 0.6 is 0 Å². The van der Waals surface area contributed by atoms with E-state index in [9.17, 15) is 13.2 Å². The summed E-state index contributed by atoms with van der Waals surface area (Å²) >= 11 is 0. The third-order valence-corrected chi connectivity index (χ3v) is 5.44. The largest absolute Gasteiger partial charge is 0.401 e. The Bertz CT molecular complexity index is 339. The van der Waals surface area contributed by atoms with E-state index in [0.717, 1.165) is 24.8 Å². The molecule has 3 nitrogen and oxygen atoms in total. The molecular weight excluding hydrogens is 267 g/mol. The van der Waals surface area contributed by atoms with Crippen molar-refractivity contribution in [2.24, 2.45) is 11.8 Å². The van der Waals surface area contributed by atoms with Gasteiger partial charge < -0.3 is 10.2 Å². The van der Waals surface area contributed by atoms with Crippen LogP contribution in [0.1, 0.15) is 19.3 Å². The maximum Gasteiger partial charge on any atom is 0.401 e. The molecule has 2 bridgehead atoms. The number of nitrogens with zero attached hydrogens (tertiary/aromatic N) is 2. The van der Waals surface area contributed by atoms with Crippen LogP contribution in [0.4, 0.5) is 13.2 Å². The van der Waals surface area contributed by atoms with Crippen LogP contribution in [0.3, 0.4) is 0 Å². The number of piperidine rings is 3. The highest BCUT2D eigenvalue weighted by molar-refractivity contribution is 5.05. The Morgan fingerprint density at radius 3 is 2.55 bits per heavy atom. The molecule has 0 spiro atoms. The van der Waals surface area contributed by atoms with Gasteiger partial charge in [-0.2, -0.15) is 13.2 Å². The molecule has 0 aromatic heterocycles. The fourth-order valence-electron chi connectivity index (χ4n) is 4.58. The van der Waals surface area contributed by atoms with E-state index in [0.29, 0.717) is 18.6 Å². The van der Waals surface area contributed by atoms with E-state index in [-0.39, 0.29) is 0 Å². The van der Waals surface area contributed by atoms with Gasteiger partial charge in [0.1, 0.15) is 0 Å². The number of hydrogen-bond acceptors (Lipinski definition) is 3. The Labute approximate surface area is 118 Å². The zero-order valence-electron chi connectivity index (χ0n) is 12.0. The van der Waals surface area contributed by atoms with E-state index in [2.05, 4.69) is 22.2 Å². The van der Waals surface area contributed by atoms with Crippen LogP contribution in [0.15, 0.2) is 0 Å². The number of rotatable bonds is 4. The van der Waals surface area contributed by atoms with Gasteiger partial charge in [0, 0.05) is 18.6 Å². The molecule has 4 aliphatic rings. The SMILES string of the molecule is CN1CC2C3CCN(CC3)C2C1CCNCC(F)(F)F. The molecule has 4 heterocycles. The van der Waals surface area contributed by atoms with E-state index >= 15 is 0 Å². The summed E-state index contributed by atoms with van der Waals surface area (Å²) in [5.41, 5.74) is 0. The molecule has 3 unspecified atom stereocenters. The molecule has 0 saturated carbocycles. The summed E-state index contributed by atoms with van der Waals surface area (Å²) in [6.45, 7) is 3.08. The molecule has 3 atom stereocenters. The van der Waals surface area contributed by atoms with Crippen molar-refractivity contribution in [2.45, 2.75) is 37.5 Å². The average molecular weight is 291 g/mol. The normalized spacial score (nSPS) is 41.1. The first-order valence-electron chi connectivity index (χ1n) is 7.67. The minimum absolute atomic E-state index is 0.420. The van der Waals surface area contributed by atoms with Crippen LogP contribution in [-0.2, 0) is 0 Å². The Kier molecular flexibility index (Phi) is 3.99. The molecule has 0 aromatic rings. The highest BCUT2D eigenvalue weighted by Gasteiger charge is 2.50. The van der Waals surface area contributed by atoms with Gasteiger partial charge in [-0.15, -0.1) is 0 Å². The zero-order chi connectivity index (χ0) is 14.3. The van der Waals surface area contributed by atoms with Gasteiger partial charge in [-0.25, -0.2) is 0 Å². The molecule has 0 radical (unpaired) electrons. The molecule has 4 saturated heterocycles. The van der Waals surface area contributed by atoms with Crippen LogP contribution in [0.25, 0.3) is 0 Å². The topological polar surface area (TPSA) is 18.5 Å². The number of halogens is 3. The van der Waals surface area contributed by atoms with Crippen molar-refractivity contribution in [1.29, 1.82) is 0 Å². The maximum absolute atomic E-state index is 12.1. The standard InChI is InChI=1S/C14H24F3N3/c1-19-8-11-10-3-6-20(7-4-10)13(11)12(19)2-5-18-9-14(15,16)17/h10-13,18H,2-9H2,1H3. The van der Waals surface area contributed by atoms with E-state index in [1.807, 2.05) is 0 Å². The Hall–Kier alpha value is -0.330. The molecule has 4 fully saturated rings. The smallest absolute Gasteiger partial charge is 0.309 e. The lowest BCUT2D eigenvalue weighted by Crippen LogP contribution is -2.57. The summed E-state index contributed by atoms with van der Waals surface area (Å²) < 4.78 is 36.4. The molecule has 0 aromatic carbocycles. The third kappa shape index (κ3) is 2.83. The van der Waals surface area contributed by atoms with Gasteiger partial charge in [0.05, 0.1) is 6.54 Å². The first kappa shape index (κ1) is 14.6. The van der Waals surface area contributed by atoms with E-state index < -0.39 is 12.7 Å². The molecule has 0 aliphatic carbocycles. The number of hydrogen-bond donors (Lipinski definition) is 1. The summed E-state index contributed by atoms with van der Waals surface area (Å²) in [5, 5.41) is 2.54. The predicted molar refractivity (Wildman–Crippen MR) is 71.5 cm³/mol. The van der Waals surface area contributed by atoms with Gasteiger partial charge in [0.2, 0.25) is 0 Å². The Morgan fingerprint density at radius 2 is 1.90 bits per heavy atom. The number of alkyl halides is 3. The second-order valence-corrected chi connectivity index (χ2v) is 6.62. The van der Waals surface area contributed by atoms with Gasteiger partial charge in [-0.3, -0.25) is 4.90 Å². The third-order valence-electron chi connectivity index (χ3n) is 5.44. The lowest BCUT2D eigenvalue weighted by atomic mass is 9.73. The molecule has 116 valence electrons. The second-order valence-electron chi connectivity index (χ2n) is 6.62. The lowest BCUT2D eigenvalue weighted by molar-refractivity contribution is -0.124. The van der Waals surface area contributed by atoms with Crippen molar-refractivity contribution < 1.29 is 13.2 Å². The monoisotopic (exact) mass is 291 g/mol. The molecule has 4 rings (SSSR count). The number of likely N-dealkylation sites (tertiary alicyclic amines) is 1. The minimum Gasteiger partial charge on any atom is -0.309 e. The van der Waals surface area contributed by atoms with Crippen LogP contribution in [0.2, 0.25) is 0 Å². The number of fused-ring (bicyclic) bond motifs is 2. The first-order chi connectivity index (χ1) is 9.46. The van der Waals surface area contributed by atoms with Gasteiger partial charge in [0.25, 0.3) is 0 Å². The van der Waals surface area contributed by atoms with Crippen LogP contribution in [0.5, 0.6) is 0 Å². The van der Waals surface area contributed by atoms with Gasteiger partial charge >= 0.3 is 6.18 Å².